The Kier molecular flexibility index (Phi) is 8.07. The number of hydrogen-bond acceptors (Lipinski definition) is 6. The lowest BCUT2D eigenvalue weighted by Crippen LogP contribution is -2.40. The fraction of sp³-hybridized carbons (Fsp3) is 0.167. The summed E-state index contributed by atoms with van der Waals surface area (Å²) in [6.45, 7) is -0.155. The van der Waals surface area contributed by atoms with Crippen molar-refractivity contribution in [2.75, 3.05) is 19.9 Å². The Hall–Kier alpha value is -2.92. The van der Waals surface area contributed by atoms with Crippen molar-refractivity contribution in [1.82, 2.24) is 9.73 Å². The van der Waals surface area contributed by atoms with Gasteiger partial charge in [0.05, 0.1) is 17.7 Å². The van der Waals surface area contributed by atoms with Gasteiger partial charge in [0.15, 0.2) is 11.5 Å². The third-order valence-electron chi connectivity index (χ3n) is 5.15. The number of amides is 1. The van der Waals surface area contributed by atoms with Crippen molar-refractivity contribution in [3.63, 3.8) is 0 Å². The van der Waals surface area contributed by atoms with Crippen LogP contribution in [0.5, 0.6) is 11.5 Å². The van der Waals surface area contributed by atoms with Crippen molar-refractivity contribution in [1.29, 1.82) is 0 Å². The van der Waals surface area contributed by atoms with E-state index in [1.807, 2.05) is 30.3 Å². The average molecular weight is 579 g/mol. The third-order valence-corrected chi connectivity index (χ3v) is 7.95. The molecule has 0 bridgehead atoms. The van der Waals surface area contributed by atoms with E-state index < -0.39 is 22.5 Å². The number of fused-ring (bicyclic) bond motifs is 1. The zero-order valence-corrected chi connectivity index (χ0v) is 21.5. The largest absolute Gasteiger partial charge is 0.454 e. The van der Waals surface area contributed by atoms with Gasteiger partial charge >= 0.3 is 0 Å². The van der Waals surface area contributed by atoms with Gasteiger partial charge in [0, 0.05) is 21.6 Å². The molecule has 11 heteroatoms. The van der Waals surface area contributed by atoms with E-state index in [0.29, 0.717) is 33.0 Å². The second-order valence-electron chi connectivity index (χ2n) is 7.55. The van der Waals surface area contributed by atoms with Crippen LogP contribution in [-0.2, 0) is 21.2 Å². The Morgan fingerprint density at radius 2 is 1.77 bits per heavy atom. The molecule has 0 spiro atoms. The van der Waals surface area contributed by atoms with Crippen LogP contribution in [0.2, 0.25) is 5.02 Å². The summed E-state index contributed by atoms with van der Waals surface area (Å²) in [6.07, 6.45) is 1.88. The van der Waals surface area contributed by atoms with E-state index in [-0.39, 0.29) is 18.2 Å². The first-order chi connectivity index (χ1) is 16.8. The second kappa shape index (κ2) is 11.2. The number of carbonyl (C=O) groups is 1. The number of rotatable bonds is 9. The van der Waals surface area contributed by atoms with Crippen LogP contribution in [-0.4, -0.2) is 44.7 Å². The molecule has 4 rings (SSSR count). The molecular formula is C24H21BrClN3O5S. The molecule has 1 N–H and O–H groups in total. The highest BCUT2D eigenvalue weighted by Crippen LogP contribution is 2.36. The Bertz CT molecular complexity index is 1340. The molecule has 1 heterocycles. The molecule has 1 aliphatic rings. The highest BCUT2D eigenvalue weighted by Gasteiger charge is 2.26. The Morgan fingerprint density at radius 1 is 1.09 bits per heavy atom. The SMILES string of the molecule is O=C(CN(CCc1ccccc1)S(=O)(=O)c1ccc(Cl)cc1)N/N=C/c1cc2c(cc1Br)OCO2. The van der Waals surface area contributed by atoms with Crippen LogP contribution in [0.25, 0.3) is 0 Å². The lowest BCUT2D eigenvalue weighted by atomic mass is 10.1. The summed E-state index contributed by atoms with van der Waals surface area (Å²) >= 11 is 9.33. The Balaban J connectivity index is 1.47. The maximum atomic E-state index is 13.3. The number of halogens is 2. The number of nitrogens with zero attached hydrogens (tertiary/aromatic N) is 2. The molecule has 0 fully saturated rings. The highest BCUT2D eigenvalue weighted by atomic mass is 79.9. The summed E-state index contributed by atoms with van der Waals surface area (Å²) in [5.74, 6) is 0.602. The quantitative estimate of drug-likeness (QED) is 0.303. The fourth-order valence-corrected chi connectivity index (χ4v) is 5.29. The van der Waals surface area contributed by atoms with Gasteiger partial charge in [-0.05, 0) is 64.3 Å². The van der Waals surface area contributed by atoms with Crippen molar-refractivity contribution < 1.29 is 22.7 Å². The van der Waals surface area contributed by atoms with Crippen molar-refractivity contribution >= 4 is 49.7 Å². The first-order valence-electron chi connectivity index (χ1n) is 10.5. The summed E-state index contributed by atoms with van der Waals surface area (Å²) in [5.41, 5.74) is 4.01. The van der Waals surface area contributed by atoms with Crippen LogP contribution in [0, 0.1) is 0 Å². The maximum absolute atomic E-state index is 13.3. The summed E-state index contributed by atoms with van der Waals surface area (Å²) in [4.78, 5) is 12.7. The van der Waals surface area contributed by atoms with Gasteiger partial charge < -0.3 is 9.47 Å². The molecule has 3 aromatic rings. The standard InChI is InChI=1S/C24H21BrClN3O5S/c25-21-13-23-22(33-16-34-23)12-18(21)14-27-28-24(30)15-29(11-10-17-4-2-1-3-5-17)35(31,32)20-8-6-19(26)7-9-20/h1-9,12-14H,10-11,15-16H2,(H,28,30)/b27-14+. The molecule has 0 radical (unpaired) electrons. The van der Waals surface area contributed by atoms with Gasteiger partial charge in [0.2, 0.25) is 16.8 Å². The molecule has 35 heavy (non-hydrogen) atoms. The zero-order chi connectivity index (χ0) is 24.8. The van der Waals surface area contributed by atoms with Gasteiger partial charge in [0.1, 0.15) is 0 Å². The second-order valence-corrected chi connectivity index (χ2v) is 10.8. The minimum absolute atomic E-state index is 0.0514. The van der Waals surface area contributed by atoms with E-state index >= 15 is 0 Å². The topological polar surface area (TPSA) is 97.3 Å². The van der Waals surface area contributed by atoms with Crippen molar-refractivity contribution in [3.8, 4) is 11.5 Å². The lowest BCUT2D eigenvalue weighted by molar-refractivity contribution is -0.121. The van der Waals surface area contributed by atoms with Gasteiger partial charge in [-0.1, -0.05) is 41.9 Å². The van der Waals surface area contributed by atoms with Gasteiger partial charge in [-0.3, -0.25) is 4.79 Å². The number of carbonyl (C=O) groups excluding carboxylic acids is 1. The first kappa shape index (κ1) is 25.2. The third kappa shape index (κ3) is 6.40. The van der Waals surface area contributed by atoms with E-state index in [1.54, 1.807) is 12.1 Å². The molecule has 3 aromatic carbocycles. The number of nitrogens with one attached hydrogen (secondary N) is 1. The fourth-order valence-electron chi connectivity index (χ4n) is 3.34. The number of hydrogen-bond donors (Lipinski definition) is 1. The molecule has 0 unspecified atom stereocenters. The van der Waals surface area contributed by atoms with Crippen LogP contribution < -0.4 is 14.9 Å². The predicted octanol–water partition coefficient (Wildman–Crippen LogP) is 4.21. The summed E-state index contributed by atoms with van der Waals surface area (Å²) in [5, 5.41) is 4.39. The Morgan fingerprint density at radius 3 is 2.49 bits per heavy atom. The molecule has 0 atom stereocenters. The van der Waals surface area contributed by atoms with Crippen LogP contribution >= 0.6 is 27.5 Å². The van der Waals surface area contributed by atoms with Gasteiger partial charge in [-0.15, -0.1) is 0 Å². The van der Waals surface area contributed by atoms with E-state index in [9.17, 15) is 13.2 Å². The minimum Gasteiger partial charge on any atom is -0.454 e. The normalized spacial score (nSPS) is 12.9. The van der Waals surface area contributed by atoms with Crippen molar-refractivity contribution in [2.45, 2.75) is 11.3 Å². The molecular weight excluding hydrogens is 558 g/mol. The lowest BCUT2D eigenvalue weighted by Gasteiger charge is -2.21. The number of benzene rings is 3. The van der Waals surface area contributed by atoms with Crippen LogP contribution in [0.4, 0.5) is 0 Å². The number of ether oxygens (including phenoxy) is 2. The summed E-state index contributed by atoms with van der Waals surface area (Å²) in [7, 11) is -3.95. The van der Waals surface area contributed by atoms with E-state index in [4.69, 9.17) is 21.1 Å². The smallest absolute Gasteiger partial charge is 0.255 e. The molecule has 0 aliphatic carbocycles. The molecule has 0 saturated heterocycles. The van der Waals surface area contributed by atoms with Gasteiger partial charge in [-0.25, -0.2) is 13.8 Å². The van der Waals surface area contributed by atoms with Gasteiger partial charge in [0.25, 0.3) is 5.91 Å². The molecule has 1 aliphatic heterocycles. The summed E-state index contributed by atoms with van der Waals surface area (Å²) < 4.78 is 39.1. The Labute approximate surface area is 216 Å². The summed E-state index contributed by atoms with van der Waals surface area (Å²) in [6, 6.07) is 18.7. The molecule has 182 valence electrons. The first-order valence-corrected chi connectivity index (χ1v) is 13.1. The number of sulfonamides is 1. The molecule has 8 nitrogen and oxygen atoms in total. The van der Waals surface area contributed by atoms with E-state index in [0.717, 1.165) is 9.87 Å². The molecule has 1 amide bonds. The van der Waals surface area contributed by atoms with Crippen molar-refractivity contribution in [2.24, 2.45) is 5.10 Å². The molecule has 0 aromatic heterocycles. The van der Waals surface area contributed by atoms with E-state index in [2.05, 4.69) is 26.5 Å². The minimum atomic E-state index is -3.95. The van der Waals surface area contributed by atoms with Crippen molar-refractivity contribution in [3.05, 3.63) is 87.4 Å². The monoisotopic (exact) mass is 577 g/mol. The molecule has 0 saturated carbocycles. The predicted molar refractivity (Wildman–Crippen MR) is 136 cm³/mol. The van der Waals surface area contributed by atoms with Crippen LogP contribution in [0.1, 0.15) is 11.1 Å². The average Bonchev–Trinajstić information content (AvgIpc) is 3.29. The zero-order valence-electron chi connectivity index (χ0n) is 18.4. The maximum Gasteiger partial charge on any atom is 0.255 e. The number of hydrazone groups is 1. The van der Waals surface area contributed by atoms with Gasteiger partial charge in [-0.2, -0.15) is 9.41 Å². The van der Waals surface area contributed by atoms with E-state index in [1.165, 1.54) is 30.5 Å². The van der Waals surface area contributed by atoms with Crippen LogP contribution in [0.3, 0.4) is 0 Å². The van der Waals surface area contributed by atoms with Crippen LogP contribution in [0.15, 0.2) is 81.2 Å². The highest BCUT2D eigenvalue weighted by molar-refractivity contribution is 9.10.